The standard InChI is InChI=1S/C27H37NO2/c1-26-13-9-20(29)17-19(26)4-5-21-22-6-7-24(27(22,2)14-10-23(21)26)25(30)8-3-18-11-15-28-16-12-18/h3,8,11-12,15-16,19-24,29H,4-7,9-10,13-14,17H2,1-2H3/b8-3-/t19-,20-,21+,22+,23+,24-,26+,27+/m1/s1. The van der Waals surface area contributed by atoms with Gasteiger partial charge in [-0.05, 0) is 116 Å². The van der Waals surface area contributed by atoms with Crippen molar-refractivity contribution in [1.29, 1.82) is 0 Å². The Morgan fingerprint density at radius 3 is 2.53 bits per heavy atom. The van der Waals surface area contributed by atoms with Crippen LogP contribution >= 0.6 is 0 Å². The lowest BCUT2D eigenvalue weighted by Gasteiger charge is -2.60. The average Bonchev–Trinajstić information content (AvgIpc) is 3.10. The number of carbonyl (C=O) groups is 1. The molecule has 3 nitrogen and oxygen atoms in total. The van der Waals surface area contributed by atoms with Crippen molar-refractivity contribution in [2.24, 2.45) is 40.4 Å². The number of nitrogens with zero attached hydrogens (tertiary/aromatic N) is 1. The van der Waals surface area contributed by atoms with E-state index in [1.54, 1.807) is 12.4 Å². The van der Waals surface area contributed by atoms with E-state index in [9.17, 15) is 9.90 Å². The van der Waals surface area contributed by atoms with E-state index in [0.29, 0.717) is 23.0 Å². The molecule has 0 aliphatic heterocycles. The summed E-state index contributed by atoms with van der Waals surface area (Å²) in [6.45, 7) is 4.97. The molecule has 3 heteroatoms. The molecule has 4 aliphatic rings. The van der Waals surface area contributed by atoms with Crippen LogP contribution in [0.1, 0.15) is 77.2 Å². The summed E-state index contributed by atoms with van der Waals surface area (Å²) in [5.41, 5.74) is 1.62. The highest BCUT2D eigenvalue weighted by atomic mass is 16.3. The van der Waals surface area contributed by atoms with Gasteiger partial charge in [-0.15, -0.1) is 0 Å². The van der Waals surface area contributed by atoms with Crippen LogP contribution in [0.25, 0.3) is 6.08 Å². The van der Waals surface area contributed by atoms with E-state index < -0.39 is 0 Å². The molecule has 4 aliphatic carbocycles. The molecule has 8 atom stereocenters. The monoisotopic (exact) mass is 407 g/mol. The number of aromatic nitrogens is 1. The van der Waals surface area contributed by atoms with Crippen molar-refractivity contribution < 1.29 is 9.90 Å². The molecule has 0 saturated heterocycles. The van der Waals surface area contributed by atoms with Crippen molar-refractivity contribution in [3.63, 3.8) is 0 Å². The quantitative estimate of drug-likeness (QED) is 0.656. The zero-order chi connectivity index (χ0) is 20.9. The van der Waals surface area contributed by atoms with Crippen molar-refractivity contribution in [3.05, 3.63) is 36.2 Å². The van der Waals surface area contributed by atoms with E-state index in [1.165, 1.54) is 38.5 Å². The molecule has 0 spiro atoms. The van der Waals surface area contributed by atoms with Gasteiger partial charge in [0.15, 0.2) is 5.78 Å². The molecular formula is C27H37NO2. The van der Waals surface area contributed by atoms with Gasteiger partial charge in [0.1, 0.15) is 0 Å². The lowest BCUT2D eigenvalue weighted by atomic mass is 9.44. The maximum absolute atomic E-state index is 13.2. The zero-order valence-corrected chi connectivity index (χ0v) is 18.6. The summed E-state index contributed by atoms with van der Waals surface area (Å²) >= 11 is 0. The lowest BCUT2D eigenvalue weighted by molar-refractivity contribution is -0.136. The van der Waals surface area contributed by atoms with E-state index in [0.717, 1.165) is 36.7 Å². The van der Waals surface area contributed by atoms with Crippen LogP contribution in [0.3, 0.4) is 0 Å². The number of allylic oxidation sites excluding steroid dienone is 1. The van der Waals surface area contributed by atoms with Crippen LogP contribution in [0.2, 0.25) is 0 Å². The molecule has 1 aromatic heterocycles. The highest BCUT2D eigenvalue weighted by molar-refractivity contribution is 5.96. The Morgan fingerprint density at radius 1 is 1.00 bits per heavy atom. The average molecular weight is 408 g/mol. The van der Waals surface area contributed by atoms with Crippen LogP contribution in [0.4, 0.5) is 0 Å². The molecule has 1 heterocycles. The molecule has 0 bridgehead atoms. The van der Waals surface area contributed by atoms with Crippen molar-refractivity contribution in [2.75, 3.05) is 0 Å². The largest absolute Gasteiger partial charge is 0.393 e. The number of fused-ring (bicyclic) bond motifs is 5. The molecule has 5 rings (SSSR count). The van der Waals surface area contributed by atoms with Gasteiger partial charge in [0.2, 0.25) is 0 Å². The summed E-state index contributed by atoms with van der Waals surface area (Å²) in [7, 11) is 0. The molecule has 30 heavy (non-hydrogen) atoms. The second-order valence-electron chi connectivity index (χ2n) is 11.3. The third-order valence-corrected chi connectivity index (χ3v) is 10.1. The van der Waals surface area contributed by atoms with E-state index in [4.69, 9.17) is 0 Å². The maximum atomic E-state index is 13.2. The summed E-state index contributed by atoms with van der Waals surface area (Å²) in [6, 6.07) is 3.91. The van der Waals surface area contributed by atoms with E-state index in [2.05, 4.69) is 18.8 Å². The normalized spacial score (nSPS) is 45.6. The van der Waals surface area contributed by atoms with Gasteiger partial charge in [-0.25, -0.2) is 0 Å². The van der Waals surface area contributed by atoms with Gasteiger partial charge in [-0.2, -0.15) is 0 Å². The first-order chi connectivity index (χ1) is 14.4. The Morgan fingerprint density at radius 2 is 1.73 bits per heavy atom. The first kappa shape index (κ1) is 20.4. The predicted octanol–water partition coefficient (Wildman–Crippen LogP) is 5.68. The van der Waals surface area contributed by atoms with Crippen molar-refractivity contribution in [3.8, 4) is 0 Å². The van der Waals surface area contributed by atoms with Crippen LogP contribution in [0, 0.1) is 40.4 Å². The smallest absolute Gasteiger partial charge is 0.159 e. The number of aliphatic hydroxyl groups is 1. The second-order valence-corrected chi connectivity index (χ2v) is 11.3. The molecule has 0 unspecified atom stereocenters. The number of aliphatic hydroxyl groups excluding tert-OH is 1. The molecule has 0 aromatic carbocycles. The van der Waals surface area contributed by atoms with Crippen LogP contribution in [-0.2, 0) is 4.79 Å². The Kier molecular flexibility index (Phi) is 5.16. The highest BCUT2D eigenvalue weighted by Gasteiger charge is 2.60. The SMILES string of the molecule is C[C@]12CC[C@@H](O)C[C@H]1CC[C@@H]1[C@@H]2CC[C@]2(C)[C@@H](C(=O)/C=C\c3ccncc3)CC[C@@H]12. The highest BCUT2D eigenvalue weighted by Crippen LogP contribution is 2.67. The number of hydrogen-bond donors (Lipinski definition) is 1. The fourth-order valence-corrected chi connectivity index (χ4v) is 8.47. The topological polar surface area (TPSA) is 50.2 Å². The Bertz CT molecular complexity index is 819. The van der Waals surface area contributed by atoms with Gasteiger partial charge in [-0.3, -0.25) is 9.78 Å². The summed E-state index contributed by atoms with van der Waals surface area (Å²) in [6.07, 6.45) is 17.8. The maximum Gasteiger partial charge on any atom is 0.159 e. The molecule has 4 saturated carbocycles. The Hall–Kier alpha value is -1.48. The molecule has 4 fully saturated rings. The van der Waals surface area contributed by atoms with Gasteiger partial charge in [-0.1, -0.05) is 19.9 Å². The Balaban J connectivity index is 1.34. The molecular weight excluding hydrogens is 370 g/mol. The number of hydrogen-bond acceptors (Lipinski definition) is 3. The fraction of sp³-hybridized carbons (Fsp3) is 0.704. The first-order valence-electron chi connectivity index (χ1n) is 12.2. The zero-order valence-electron chi connectivity index (χ0n) is 18.6. The fourth-order valence-electron chi connectivity index (χ4n) is 8.47. The predicted molar refractivity (Wildman–Crippen MR) is 120 cm³/mol. The van der Waals surface area contributed by atoms with Gasteiger partial charge >= 0.3 is 0 Å². The minimum atomic E-state index is -0.0749. The minimum Gasteiger partial charge on any atom is -0.393 e. The molecule has 1 aromatic rings. The summed E-state index contributed by atoms with van der Waals surface area (Å²) in [5.74, 6) is 3.49. The third kappa shape index (κ3) is 3.20. The van der Waals surface area contributed by atoms with E-state index >= 15 is 0 Å². The van der Waals surface area contributed by atoms with Crippen LogP contribution in [0.15, 0.2) is 30.6 Å². The molecule has 0 radical (unpaired) electrons. The van der Waals surface area contributed by atoms with Crippen molar-refractivity contribution in [2.45, 2.75) is 77.7 Å². The summed E-state index contributed by atoms with van der Waals surface area (Å²) in [4.78, 5) is 17.3. The summed E-state index contributed by atoms with van der Waals surface area (Å²) in [5, 5.41) is 10.2. The minimum absolute atomic E-state index is 0.0749. The van der Waals surface area contributed by atoms with Gasteiger partial charge in [0.05, 0.1) is 6.10 Å². The molecule has 0 amide bonds. The van der Waals surface area contributed by atoms with Crippen molar-refractivity contribution >= 4 is 11.9 Å². The number of rotatable bonds is 3. The first-order valence-corrected chi connectivity index (χ1v) is 12.2. The molecule has 162 valence electrons. The summed E-state index contributed by atoms with van der Waals surface area (Å²) < 4.78 is 0. The Labute approximate surface area is 181 Å². The van der Waals surface area contributed by atoms with Gasteiger partial charge in [0, 0.05) is 18.3 Å². The van der Waals surface area contributed by atoms with Crippen molar-refractivity contribution in [1.82, 2.24) is 4.98 Å². The van der Waals surface area contributed by atoms with Gasteiger partial charge in [0.25, 0.3) is 0 Å². The second kappa shape index (κ2) is 7.58. The van der Waals surface area contributed by atoms with Crippen LogP contribution in [0.5, 0.6) is 0 Å². The third-order valence-electron chi connectivity index (χ3n) is 10.1. The van der Waals surface area contributed by atoms with Crippen LogP contribution < -0.4 is 0 Å². The number of ketones is 1. The lowest BCUT2D eigenvalue weighted by Crippen LogP contribution is -2.54. The van der Waals surface area contributed by atoms with Gasteiger partial charge < -0.3 is 5.11 Å². The number of carbonyl (C=O) groups excluding carboxylic acids is 1. The van der Waals surface area contributed by atoms with Crippen LogP contribution in [-0.4, -0.2) is 22.0 Å². The van der Waals surface area contributed by atoms with E-state index in [-0.39, 0.29) is 17.4 Å². The van der Waals surface area contributed by atoms with E-state index in [1.807, 2.05) is 24.3 Å². The molecule has 1 N–H and O–H groups in total. The number of pyridine rings is 1.